The molecule has 1 aromatic carbocycles. The van der Waals surface area contributed by atoms with Gasteiger partial charge in [-0.15, -0.1) is 0 Å². The minimum absolute atomic E-state index is 0.164. The van der Waals surface area contributed by atoms with E-state index in [0.717, 1.165) is 37.7 Å². The molecule has 0 saturated carbocycles. The van der Waals surface area contributed by atoms with Crippen LogP contribution in [0.3, 0.4) is 0 Å². The number of fused-ring (bicyclic) bond motifs is 1. The van der Waals surface area contributed by atoms with Gasteiger partial charge >= 0.3 is 0 Å². The largest absolute Gasteiger partial charge is 0.390 e. The molecule has 2 aliphatic rings. The molecule has 0 unspecified atom stereocenters. The molecule has 9 heteroatoms. The van der Waals surface area contributed by atoms with Crippen LogP contribution in [0, 0.1) is 0 Å². The van der Waals surface area contributed by atoms with Crippen LogP contribution in [0.15, 0.2) is 30.3 Å². The maximum Gasteiger partial charge on any atom is 0.217 e. The summed E-state index contributed by atoms with van der Waals surface area (Å²) in [6.45, 7) is 3.45. The van der Waals surface area contributed by atoms with Gasteiger partial charge in [0.25, 0.3) is 0 Å². The quantitative estimate of drug-likeness (QED) is 0.333. The molecule has 2 saturated heterocycles. The van der Waals surface area contributed by atoms with Gasteiger partial charge in [-0.2, -0.15) is 0 Å². The number of hydrogen-bond donors (Lipinski definition) is 4. The zero-order valence-electron chi connectivity index (χ0n) is 20.0. The molecule has 1 amide bonds. The summed E-state index contributed by atoms with van der Waals surface area (Å²) in [5.41, 5.74) is 0.814. The highest BCUT2D eigenvalue weighted by Crippen LogP contribution is 2.34. The molecular formula is C25H39NO8. The number of nitrogens with one attached hydrogen (secondary N) is 1. The van der Waals surface area contributed by atoms with Crippen LogP contribution in [0.25, 0.3) is 0 Å². The normalized spacial score (nSPS) is 30.9. The Balaban J connectivity index is 1.56. The fraction of sp³-hybridized carbons (Fsp3) is 0.720. The summed E-state index contributed by atoms with van der Waals surface area (Å²) < 4.78 is 23.5. The number of ether oxygens (including phenoxy) is 4. The van der Waals surface area contributed by atoms with Gasteiger partial charge in [0, 0.05) is 12.5 Å². The number of aliphatic hydroxyl groups excluding tert-OH is 3. The van der Waals surface area contributed by atoms with Gasteiger partial charge in [0.1, 0.15) is 30.5 Å². The molecule has 0 aromatic heterocycles. The molecule has 0 bridgehead atoms. The Kier molecular flexibility index (Phi) is 10.7. The fourth-order valence-corrected chi connectivity index (χ4v) is 4.36. The van der Waals surface area contributed by atoms with Crippen molar-refractivity contribution in [2.24, 2.45) is 0 Å². The highest BCUT2D eigenvalue weighted by molar-refractivity contribution is 5.73. The van der Waals surface area contributed by atoms with E-state index in [1.807, 2.05) is 30.3 Å². The summed E-state index contributed by atoms with van der Waals surface area (Å²) in [5, 5.41) is 34.3. The molecule has 4 N–H and O–H groups in total. The third-order valence-corrected chi connectivity index (χ3v) is 6.29. The van der Waals surface area contributed by atoms with E-state index in [1.165, 1.54) is 6.92 Å². The number of amides is 1. The van der Waals surface area contributed by atoms with Gasteiger partial charge in [-0.3, -0.25) is 4.79 Å². The van der Waals surface area contributed by atoms with Crippen molar-refractivity contribution in [1.82, 2.24) is 5.32 Å². The summed E-state index contributed by atoms with van der Waals surface area (Å²) in [4.78, 5) is 11.8. The highest BCUT2D eigenvalue weighted by atomic mass is 16.7. The predicted octanol–water partition coefficient (Wildman–Crippen LogP) is 1.79. The second kappa shape index (κ2) is 13.5. The first-order chi connectivity index (χ1) is 16.4. The lowest BCUT2D eigenvalue weighted by atomic mass is 9.95. The molecule has 192 valence electrons. The maximum absolute atomic E-state index is 11.8. The van der Waals surface area contributed by atoms with Gasteiger partial charge in [0.05, 0.1) is 19.3 Å². The molecule has 1 aromatic rings. The zero-order chi connectivity index (χ0) is 24.5. The third kappa shape index (κ3) is 7.45. The van der Waals surface area contributed by atoms with Crippen LogP contribution in [0.4, 0.5) is 0 Å². The van der Waals surface area contributed by atoms with Gasteiger partial charge in [-0.25, -0.2) is 0 Å². The molecule has 34 heavy (non-hydrogen) atoms. The van der Waals surface area contributed by atoms with Gasteiger partial charge in [-0.1, -0.05) is 69.4 Å². The number of benzene rings is 1. The monoisotopic (exact) mass is 481 g/mol. The number of rotatable bonds is 12. The molecular weight excluding hydrogens is 442 g/mol. The number of unbranched alkanes of at least 4 members (excludes halogenated alkanes) is 4. The van der Waals surface area contributed by atoms with Gasteiger partial charge in [0.15, 0.2) is 12.6 Å². The standard InChI is InChI=1S/C25H39NO8/c1-3-4-5-6-10-13-18(28)19(29)14-31-25-21(26-16(2)27)22(30)23-20(33-25)15-32-24(34-23)17-11-8-7-9-12-17/h7-9,11-12,18-25,28-30H,3-6,10,13-15H2,1-2H3,(H,26,27)/t18-,19-,20+,21+,22+,23+,24+,25+/m0/s1. The summed E-state index contributed by atoms with van der Waals surface area (Å²) >= 11 is 0. The second-order valence-electron chi connectivity index (χ2n) is 9.11. The van der Waals surface area contributed by atoms with Crippen LogP contribution in [-0.4, -0.2) is 77.3 Å². The first-order valence-electron chi connectivity index (χ1n) is 12.3. The van der Waals surface area contributed by atoms with E-state index in [1.54, 1.807) is 0 Å². The summed E-state index contributed by atoms with van der Waals surface area (Å²) in [5.74, 6) is -0.362. The number of aliphatic hydroxyl groups is 3. The van der Waals surface area contributed by atoms with Crippen LogP contribution < -0.4 is 5.32 Å². The molecule has 8 atom stereocenters. The smallest absolute Gasteiger partial charge is 0.217 e. The molecule has 2 fully saturated rings. The summed E-state index contributed by atoms with van der Waals surface area (Å²) in [6.07, 6.45) is -0.479. The average molecular weight is 482 g/mol. The Morgan fingerprint density at radius 1 is 1.12 bits per heavy atom. The highest BCUT2D eigenvalue weighted by Gasteiger charge is 2.50. The molecule has 2 aliphatic heterocycles. The van der Waals surface area contributed by atoms with Crippen LogP contribution in [0.1, 0.15) is 64.2 Å². The molecule has 9 nitrogen and oxygen atoms in total. The van der Waals surface area contributed by atoms with E-state index in [0.29, 0.717) is 6.42 Å². The lowest BCUT2D eigenvalue weighted by Crippen LogP contribution is -2.66. The average Bonchev–Trinajstić information content (AvgIpc) is 2.84. The van der Waals surface area contributed by atoms with E-state index >= 15 is 0 Å². The summed E-state index contributed by atoms with van der Waals surface area (Å²) in [7, 11) is 0. The van der Waals surface area contributed by atoms with Crippen molar-refractivity contribution in [2.75, 3.05) is 13.2 Å². The Hall–Kier alpha value is -1.59. The lowest BCUT2D eigenvalue weighted by molar-refractivity contribution is -0.346. The van der Waals surface area contributed by atoms with Crippen molar-refractivity contribution < 1.29 is 39.1 Å². The van der Waals surface area contributed by atoms with Gasteiger partial charge in [-0.05, 0) is 6.42 Å². The minimum Gasteiger partial charge on any atom is -0.390 e. The van der Waals surface area contributed by atoms with Crippen LogP contribution in [0.2, 0.25) is 0 Å². The van der Waals surface area contributed by atoms with E-state index in [-0.39, 0.29) is 19.1 Å². The molecule has 0 radical (unpaired) electrons. The van der Waals surface area contributed by atoms with Gasteiger partial charge in [0.2, 0.25) is 5.91 Å². The van der Waals surface area contributed by atoms with E-state index in [4.69, 9.17) is 18.9 Å². The molecule has 3 rings (SSSR count). The van der Waals surface area contributed by atoms with Gasteiger partial charge < -0.3 is 39.6 Å². The Bertz CT molecular complexity index is 735. The van der Waals surface area contributed by atoms with Crippen LogP contribution in [-0.2, 0) is 23.7 Å². The van der Waals surface area contributed by atoms with Crippen molar-refractivity contribution in [3.63, 3.8) is 0 Å². The Morgan fingerprint density at radius 3 is 2.56 bits per heavy atom. The topological polar surface area (TPSA) is 127 Å². The van der Waals surface area contributed by atoms with Crippen molar-refractivity contribution >= 4 is 5.91 Å². The van der Waals surface area contributed by atoms with Crippen molar-refractivity contribution in [3.05, 3.63) is 35.9 Å². The number of carbonyl (C=O) groups excluding carboxylic acids is 1. The number of hydrogen-bond acceptors (Lipinski definition) is 8. The predicted molar refractivity (Wildman–Crippen MR) is 124 cm³/mol. The Morgan fingerprint density at radius 2 is 1.85 bits per heavy atom. The van der Waals surface area contributed by atoms with E-state index in [2.05, 4.69) is 12.2 Å². The number of carbonyl (C=O) groups is 1. The van der Waals surface area contributed by atoms with Crippen molar-refractivity contribution in [3.8, 4) is 0 Å². The minimum atomic E-state index is -1.12. The SMILES string of the molecule is CCCCCCC[C@H](O)[C@@H](O)CO[C@@H]1O[C@@H]2CO[C@@H](c3ccccc3)O[C@H]2[C@H](O)[C@H]1NC(C)=O. The third-order valence-electron chi connectivity index (χ3n) is 6.29. The van der Waals surface area contributed by atoms with Crippen molar-refractivity contribution in [2.45, 2.75) is 102 Å². The van der Waals surface area contributed by atoms with Crippen LogP contribution in [0.5, 0.6) is 0 Å². The summed E-state index contributed by atoms with van der Waals surface area (Å²) in [6, 6.07) is 8.46. The first kappa shape index (κ1) is 27.0. The van der Waals surface area contributed by atoms with Crippen molar-refractivity contribution in [1.29, 1.82) is 0 Å². The van der Waals surface area contributed by atoms with E-state index < -0.39 is 49.1 Å². The lowest BCUT2D eigenvalue weighted by Gasteiger charge is -2.47. The maximum atomic E-state index is 11.8. The first-order valence-corrected chi connectivity index (χ1v) is 12.3. The molecule has 0 spiro atoms. The zero-order valence-corrected chi connectivity index (χ0v) is 20.0. The van der Waals surface area contributed by atoms with E-state index in [9.17, 15) is 20.1 Å². The molecule has 0 aliphatic carbocycles. The van der Waals surface area contributed by atoms with Crippen LogP contribution >= 0.6 is 0 Å². The molecule has 2 heterocycles. The Labute approximate surface area is 201 Å². The second-order valence-corrected chi connectivity index (χ2v) is 9.11. The fourth-order valence-electron chi connectivity index (χ4n) is 4.36.